The highest BCUT2D eigenvalue weighted by Gasteiger charge is 2.19. The van der Waals surface area contributed by atoms with Crippen molar-refractivity contribution in [2.45, 2.75) is 26.4 Å². The van der Waals surface area contributed by atoms with Gasteiger partial charge in [0.05, 0.1) is 27.9 Å². The van der Waals surface area contributed by atoms with Crippen LogP contribution in [0, 0.1) is 0 Å². The minimum atomic E-state index is -0.812. The van der Waals surface area contributed by atoms with Crippen LogP contribution in [0.2, 0.25) is 16.9 Å². The number of anilines is 1. The molecule has 11 heteroatoms. The Morgan fingerprint density at radius 2 is 1.81 bits per heavy atom. The molecule has 3 aromatic rings. The van der Waals surface area contributed by atoms with Crippen LogP contribution >= 0.6 is 23.2 Å². The Bertz CT molecular complexity index is 1280. The lowest BCUT2D eigenvalue weighted by Crippen LogP contribution is -2.46. The van der Waals surface area contributed by atoms with Gasteiger partial charge in [-0.2, -0.15) is 0 Å². The average Bonchev–Trinajstić information content (AvgIpc) is 2.90. The zero-order valence-corrected chi connectivity index (χ0v) is 22.3. The van der Waals surface area contributed by atoms with E-state index in [-0.39, 0.29) is 19.8 Å². The lowest BCUT2D eigenvalue weighted by Gasteiger charge is -2.36. The van der Waals surface area contributed by atoms with E-state index in [1.54, 1.807) is 19.0 Å². The van der Waals surface area contributed by atoms with Crippen LogP contribution in [0.1, 0.15) is 12.8 Å². The Morgan fingerprint density at radius 3 is 2.59 bits per heavy atom. The van der Waals surface area contributed by atoms with Gasteiger partial charge >= 0.3 is 13.6 Å². The van der Waals surface area contributed by atoms with Crippen LogP contribution in [-0.4, -0.2) is 62.4 Å². The highest BCUT2D eigenvalue weighted by Crippen LogP contribution is 2.32. The van der Waals surface area contributed by atoms with E-state index in [4.69, 9.17) is 37.3 Å². The van der Waals surface area contributed by atoms with Gasteiger partial charge in [-0.1, -0.05) is 29.3 Å². The monoisotopic (exact) mass is 545 g/mol. The Balaban J connectivity index is 1.23. The van der Waals surface area contributed by atoms with Crippen LogP contribution in [0.25, 0.3) is 10.9 Å². The normalized spacial score (nSPS) is 14.0. The summed E-state index contributed by atoms with van der Waals surface area (Å²) in [5.41, 5.74) is 1.36. The molecule has 2 heterocycles. The fourth-order valence-corrected chi connectivity index (χ4v) is 4.76. The van der Waals surface area contributed by atoms with Crippen LogP contribution in [0.15, 0.2) is 53.3 Å². The van der Waals surface area contributed by atoms with E-state index in [0.717, 1.165) is 56.6 Å². The maximum Gasteiger partial charge on any atom is 0.491 e. The van der Waals surface area contributed by atoms with Crippen molar-refractivity contribution >= 4 is 53.4 Å². The van der Waals surface area contributed by atoms with Gasteiger partial charge in [-0.3, -0.25) is 14.3 Å². The number of rotatable bonds is 10. The Labute approximate surface area is 226 Å². The van der Waals surface area contributed by atoms with E-state index in [9.17, 15) is 9.59 Å². The van der Waals surface area contributed by atoms with Gasteiger partial charge < -0.3 is 19.0 Å². The Kier molecular flexibility index (Phi) is 9.60. The molecular formula is C26H30BCl2N3O5. The summed E-state index contributed by atoms with van der Waals surface area (Å²) in [5, 5.41) is 2.05. The maximum absolute atomic E-state index is 12.4. The molecule has 0 spiro atoms. The molecule has 4 rings (SSSR count). The molecule has 0 atom stereocenters. The van der Waals surface area contributed by atoms with Crippen molar-refractivity contribution in [2.24, 2.45) is 0 Å². The number of nitrogens with zero attached hydrogens (tertiary/aromatic N) is 3. The number of carbonyl (C=O) groups is 1. The van der Waals surface area contributed by atoms with Crippen molar-refractivity contribution < 1.29 is 18.9 Å². The first-order chi connectivity index (χ1) is 18.0. The van der Waals surface area contributed by atoms with Crippen LogP contribution < -0.4 is 15.2 Å². The lowest BCUT2D eigenvalue weighted by atomic mass is 10.1. The number of unbranched alkanes of at least 4 members (excludes halogenated alkanes) is 1. The second-order valence-corrected chi connectivity index (χ2v) is 9.52. The number of fused-ring (bicyclic) bond motifs is 1. The predicted molar refractivity (Wildman–Crippen MR) is 149 cm³/mol. The van der Waals surface area contributed by atoms with E-state index in [1.165, 1.54) is 10.6 Å². The molecule has 1 aliphatic rings. The first kappa shape index (κ1) is 27.2. The molecule has 0 saturated carbocycles. The van der Waals surface area contributed by atoms with E-state index in [2.05, 4.69) is 9.80 Å². The number of benzene rings is 2. The highest BCUT2D eigenvalue weighted by molar-refractivity contribution is 6.43. The van der Waals surface area contributed by atoms with Gasteiger partial charge in [-0.15, -0.1) is 0 Å². The SMILES string of the molecule is CBOC(=O)OCn1c(=O)ccc2ccc(OCCCCN3CCN(c4cccc(Cl)c4Cl)CC3)cc21. The zero-order valence-electron chi connectivity index (χ0n) is 20.8. The number of hydrogen-bond acceptors (Lipinski definition) is 7. The molecule has 0 radical (unpaired) electrons. The highest BCUT2D eigenvalue weighted by atomic mass is 35.5. The third kappa shape index (κ3) is 7.12. The van der Waals surface area contributed by atoms with Crippen LogP contribution in [0.4, 0.5) is 10.5 Å². The summed E-state index contributed by atoms with van der Waals surface area (Å²) in [6.45, 7) is 6.80. The lowest BCUT2D eigenvalue weighted by molar-refractivity contribution is 0.0735. The van der Waals surface area contributed by atoms with Gasteiger partial charge in [0, 0.05) is 38.3 Å². The van der Waals surface area contributed by atoms with Crippen molar-refractivity contribution in [3.63, 3.8) is 0 Å². The summed E-state index contributed by atoms with van der Waals surface area (Å²) in [6, 6.07) is 14.5. The number of pyridine rings is 1. The summed E-state index contributed by atoms with van der Waals surface area (Å²) in [5.74, 6) is 0.662. The van der Waals surface area contributed by atoms with E-state index < -0.39 is 6.16 Å². The van der Waals surface area contributed by atoms with Gasteiger partial charge in [0.2, 0.25) is 0 Å². The largest absolute Gasteiger partial charge is 0.510 e. The molecule has 8 nitrogen and oxygen atoms in total. The third-order valence-electron chi connectivity index (χ3n) is 6.32. The minimum absolute atomic E-state index is 0.204. The average molecular weight is 546 g/mol. The van der Waals surface area contributed by atoms with Gasteiger partial charge in [0.15, 0.2) is 6.73 Å². The molecule has 0 aliphatic carbocycles. The van der Waals surface area contributed by atoms with Crippen molar-refractivity contribution in [3.05, 3.63) is 68.9 Å². The molecule has 37 heavy (non-hydrogen) atoms. The van der Waals surface area contributed by atoms with E-state index >= 15 is 0 Å². The number of ether oxygens (including phenoxy) is 2. The number of carbonyl (C=O) groups excluding carboxylic acids is 1. The van der Waals surface area contributed by atoms with Gasteiger partial charge in [-0.05, 0) is 61.9 Å². The number of hydrogen-bond donors (Lipinski definition) is 0. The predicted octanol–water partition coefficient (Wildman–Crippen LogP) is 4.80. The molecule has 1 aliphatic heterocycles. The fourth-order valence-electron chi connectivity index (χ4n) is 4.34. The molecule has 2 aromatic carbocycles. The van der Waals surface area contributed by atoms with Crippen molar-refractivity contribution in [3.8, 4) is 5.75 Å². The third-order valence-corrected chi connectivity index (χ3v) is 7.13. The van der Waals surface area contributed by atoms with Crippen molar-refractivity contribution in [1.29, 1.82) is 0 Å². The number of aromatic nitrogens is 1. The summed E-state index contributed by atoms with van der Waals surface area (Å²) >= 11 is 12.5. The Morgan fingerprint density at radius 1 is 1.03 bits per heavy atom. The topological polar surface area (TPSA) is 73.2 Å². The van der Waals surface area contributed by atoms with Gasteiger partial charge in [0.1, 0.15) is 5.75 Å². The zero-order chi connectivity index (χ0) is 26.2. The molecule has 196 valence electrons. The fraction of sp³-hybridized carbons (Fsp3) is 0.385. The molecule has 1 fully saturated rings. The molecule has 0 unspecified atom stereocenters. The van der Waals surface area contributed by atoms with E-state index in [0.29, 0.717) is 27.9 Å². The molecule has 1 aromatic heterocycles. The minimum Gasteiger partial charge on any atom is -0.510 e. The smallest absolute Gasteiger partial charge is 0.491 e. The summed E-state index contributed by atoms with van der Waals surface area (Å²) < 4.78 is 17.2. The Hall–Kier alpha value is -2.88. The number of piperazine rings is 1. The molecule has 1 saturated heterocycles. The summed E-state index contributed by atoms with van der Waals surface area (Å²) in [4.78, 5) is 28.7. The molecule has 0 amide bonds. The second-order valence-electron chi connectivity index (χ2n) is 8.73. The van der Waals surface area contributed by atoms with Crippen LogP contribution in [-0.2, 0) is 16.1 Å². The van der Waals surface area contributed by atoms with Crippen molar-refractivity contribution in [2.75, 3.05) is 44.2 Å². The first-order valence-corrected chi connectivity index (χ1v) is 13.2. The summed E-state index contributed by atoms with van der Waals surface area (Å²) in [7, 11) is 0.204. The molecule has 0 N–H and O–H groups in total. The van der Waals surface area contributed by atoms with E-state index in [1.807, 2.05) is 30.3 Å². The molecule has 0 bridgehead atoms. The molecular weight excluding hydrogens is 516 g/mol. The van der Waals surface area contributed by atoms with Gasteiger partial charge in [0.25, 0.3) is 5.56 Å². The standard InChI is InChI=1S/C26H30BCl2N3O5/c1-27-37-26(34)36-18-32-23-17-20(9-7-19(23)8-10-24(32)33)35-16-3-2-11-30-12-14-31(15-13-30)22-6-4-5-21(28)25(22)29/h4-10,17,27H,2-3,11-16,18H2,1H3. The van der Waals surface area contributed by atoms with Gasteiger partial charge in [-0.25, -0.2) is 4.79 Å². The van der Waals surface area contributed by atoms with Crippen LogP contribution in [0.5, 0.6) is 5.75 Å². The summed E-state index contributed by atoms with van der Waals surface area (Å²) in [6.07, 6.45) is 1.11. The quantitative estimate of drug-likeness (QED) is 0.206. The van der Waals surface area contributed by atoms with Crippen molar-refractivity contribution in [1.82, 2.24) is 9.47 Å². The first-order valence-electron chi connectivity index (χ1n) is 12.4. The maximum atomic E-state index is 12.4. The number of halogens is 2. The van der Waals surface area contributed by atoms with Crippen LogP contribution in [0.3, 0.4) is 0 Å². The second kappa shape index (κ2) is 13.1.